The van der Waals surface area contributed by atoms with Crippen LogP contribution in [0.15, 0.2) is 24.3 Å². The normalized spacial score (nSPS) is 17.1. The van der Waals surface area contributed by atoms with E-state index in [2.05, 4.69) is 10.2 Å². The van der Waals surface area contributed by atoms with Crippen LogP contribution in [0.4, 0.5) is 9.18 Å². The summed E-state index contributed by atoms with van der Waals surface area (Å²) in [6.07, 6.45) is 0.981. The van der Waals surface area contributed by atoms with E-state index in [1.54, 1.807) is 12.1 Å². The van der Waals surface area contributed by atoms with Crippen molar-refractivity contribution >= 4 is 6.03 Å². The highest BCUT2D eigenvalue weighted by atomic mass is 19.1. The fourth-order valence-corrected chi connectivity index (χ4v) is 2.80. The molecule has 0 spiro atoms. The molecule has 2 N–H and O–H groups in total. The molecule has 2 rings (SSSR count). The van der Waals surface area contributed by atoms with Crippen LogP contribution in [-0.2, 0) is 0 Å². The molecular formula is C17H26FN3O2. The van der Waals surface area contributed by atoms with E-state index in [1.165, 1.54) is 12.1 Å². The number of carbonyl (C=O) groups is 1. The van der Waals surface area contributed by atoms with E-state index in [0.717, 1.165) is 44.7 Å². The van der Waals surface area contributed by atoms with Crippen molar-refractivity contribution in [3.63, 3.8) is 0 Å². The van der Waals surface area contributed by atoms with Crippen molar-refractivity contribution in [2.75, 3.05) is 39.3 Å². The van der Waals surface area contributed by atoms with E-state index >= 15 is 0 Å². The molecule has 128 valence electrons. The number of carbonyl (C=O) groups excluding carboxylic acids is 1. The molecule has 0 radical (unpaired) electrons. The molecule has 5 nitrogen and oxygen atoms in total. The molecule has 1 aromatic carbocycles. The number of benzene rings is 1. The van der Waals surface area contributed by atoms with Gasteiger partial charge >= 0.3 is 6.03 Å². The van der Waals surface area contributed by atoms with Gasteiger partial charge in [-0.05, 0) is 44.0 Å². The highest BCUT2D eigenvalue weighted by Crippen LogP contribution is 2.19. The van der Waals surface area contributed by atoms with Crippen LogP contribution in [0.25, 0.3) is 0 Å². The van der Waals surface area contributed by atoms with Crippen LogP contribution >= 0.6 is 0 Å². The molecule has 1 heterocycles. The van der Waals surface area contributed by atoms with Gasteiger partial charge in [0.15, 0.2) is 0 Å². The number of hydrogen-bond acceptors (Lipinski definition) is 3. The Morgan fingerprint density at radius 3 is 2.52 bits per heavy atom. The molecule has 6 heteroatoms. The Labute approximate surface area is 137 Å². The van der Waals surface area contributed by atoms with Crippen molar-refractivity contribution < 1.29 is 14.3 Å². The second-order valence-corrected chi connectivity index (χ2v) is 5.87. The fourth-order valence-electron chi connectivity index (χ4n) is 2.80. The zero-order chi connectivity index (χ0) is 16.7. The molecule has 2 amide bonds. The summed E-state index contributed by atoms with van der Waals surface area (Å²) in [4.78, 5) is 15.9. The number of aliphatic hydroxyl groups excluding tert-OH is 1. The van der Waals surface area contributed by atoms with Gasteiger partial charge in [-0.1, -0.05) is 12.1 Å². The number of amides is 2. The summed E-state index contributed by atoms with van der Waals surface area (Å²) < 4.78 is 12.9. The van der Waals surface area contributed by atoms with E-state index in [4.69, 9.17) is 0 Å². The van der Waals surface area contributed by atoms with Crippen molar-refractivity contribution in [1.29, 1.82) is 0 Å². The Morgan fingerprint density at radius 2 is 1.91 bits per heavy atom. The monoisotopic (exact) mass is 323 g/mol. The molecule has 1 saturated heterocycles. The summed E-state index contributed by atoms with van der Waals surface area (Å²) >= 11 is 0. The lowest BCUT2D eigenvalue weighted by atomic mass is 10.0. The van der Waals surface area contributed by atoms with E-state index < -0.39 is 6.10 Å². The Balaban J connectivity index is 1.65. The molecule has 1 fully saturated rings. The average molecular weight is 323 g/mol. The SMILES string of the molecule is CCNC(=O)N1CCN(CCCC(O)c2ccc(F)cc2)CC1. The topological polar surface area (TPSA) is 55.8 Å². The van der Waals surface area contributed by atoms with Crippen LogP contribution in [0.5, 0.6) is 0 Å². The van der Waals surface area contributed by atoms with Gasteiger partial charge in [0.2, 0.25) is 0 Å². The van der Waals surface area contributed by atoms with E-state index in [9.17, 15) is 14.3 Å². The number of aliphatic hydroxyl groups is 1. The highest BCUT2D eigenvalue weighted by molar-refractivity contribution is 5.74. The summed E-state index contributed by atoms with van der Waals surface area (Å²) in [7, 11) is 0. The van der Waals surface area contributed by atoms with Crippen molar-refractivity contribution in [3.05, 3.63) is 35.6 Å². The predicted molar refractivity (Wildman–Crippen MR) is 87.7 cm³/mol. The minimum Gasteiger partial charge on any atom is -0.388 e. The number of halogens is 1. The van der Waals surface area contributed by atoms with Crippen molar-refractivity contribution in [2.45, 2.75) is 25.9 Å². The maximum Gasteiger partial charge on any atom is 0.317 e. The second-order valence-electron chi connectivity index (χ2n) is 5.87. The molecule has 1 atom stereocenters. The van der Waals surface area contributed by atoms with Crippen LogP contribution in [-0.4, -0.2) is 60.2 Å². The first kappa shape index (κ1) is 17.7. The van der Waals surface area contributed by atoms with Crippen LogP contribution in [0.2, 0.25) is 0 Å². The lowest BCUT2D eigenvalue weighted by Gasteiger charge is -2.34. The Bertz CT molecular complexity index is 487. The first-order valence-corrected chi connectivity index (χ1v) is 8.29. The molecule has 1 aliphatic heterocycles. The third kappa shape index (κ3) is 5.48. The Morgan fingerprint density at radius 1 is 1.26 bits per heavy atom. The zero-order valence-electron chi connectivity index (χ0n) is 13.7. The number of rotatable bonds is 6. The number of nitrogens with one attached hydrogen (secondary N) is 1. The minimum atomic E-state index is -0.549. The van der Waals surface area contributed by atoms with Gasteiger partial charge in [0.05, 0.1) is 6.10 Å². The molecule has 0 saturated carbocycles. The van der Waals surface area contributed by atoms with Gasteiger partial charge in [-0.25, -0.2) is 9.18 Å². The lowest BCUT2D eigenvalue weighted by Crippen LogP contribution is -2.51. The quantitative estimate of drug-likeness (QED) is 0.842. The van der Waals surface area contributed by atoms with E-state index in [1.807, 2.05) is 11.8 Å². The lowest BCUT2D eigenvalue weighted by molar-refractivity contribution is 0.126. The zero-order valence-corrected chi connectivity index (χ0v) is 13.7. The van der Waals surface area contributed by atoms with E-state index in [-0.39, 0.29) is 11.8 Å². The predicted octanol–water partition coefficient (Wildman–Crippen LogP) is 1.99. The van der Waals surface area contributed by atoms with Gasteiger partial charge in [0.1, 0.15) is 5.82 Å². The van der Waals surface area contributed by atoms with Gasteiger partial charge in [-0.2, -0.15) is 0 Å². The van der Waals surface area contributed by atoms with Gasteiger partial charge in [0.25, 0.3) is 0 Å². The number of hydrogen-bond donors (Lipinski definition) is 2. The van der Waals surface area contributed by atoms with Gasteiger partial charge in [-0.15, -0.1) is 0 Å². The maximum absolute atomic E-state index is 12.9. The first-order chi connectivity index (χ1) is 11.1. The van der Waals surface area contributed by atoms with Gasteiger partial charge in [0, 0.05) is 32.7 Å². The average Bonchev–Trinajstić information content (AvgIpc) is 2.56. The molecule has 1 aromatic rings. The number of piperazine rings is 1. The molecular weight excluding hydrogens is 297 g/mol. The number of urea groups is 1. The van der Waals surface area contributed by atoms with Gasteiger partial charge in [-0.3, -0.25) is 4.90 Å². The minimum absolute atomic E-state index is 0.0129. The fraction of sp³-hybridized carbons (Fsp3) is 0.588. The summed E-state index contributed by atoms with van der Waals surface area (Å²) in [5, 5.41) is 12.9. The summed E-state index contributed by atoms with van der Waals surface area (Å²) in [5.41, 5.74) is 0.757. The Hall–Kier alpha value is -1.66. The summed E-state index contributed by atoms with van der Waals surface area (Å²) in [6, 6.07) is 6.02. The molecule has 1 unspecified atom stereocenters. The van der Waals surface area contributed by atoms with Crippen LogP contribution in [0, 0.1) is 5.82 Å². The first-order valence-electron chi connectivity index (χ1n) is 8.29. The van der Waals surface area contributed by atoms with Crippen molar-refractivity contribution in [1.82, 2.24) is 15.1 Å². The summed E-state index contributed by atoms with van der Waals surface area (Å²) in [6.45, 7) is 6.69. The highest BCUT2D eigenvalue weighted by Gasteiger charge is 2.20. The molecule has 0 aliphatic carbocycles. The van der Waals surface area contributed by atoms with Crippen LogP contribution in [0.3, 0.4) is 0 Å². The number of nitrogens with zero attached hydrogens (tertiary/aromatic N) is 2. The molecule has 1 aliphatic rings. The smallest absolute Gasteiger partial charge is 0.317 e. The van der Waals surface area contributed by atoms with Gasteiger partial charge < -0.3 is 15.3 Å². The molecule has 0 aromatic heterocycles. The van der Waals surface area contributed by atoms with Crippen molar-refractivity contribution in [2.24, 2.45) is 0 Å². The summed E-state index contributed by atoms with van der Waals surface area (Å²) in [5.74, 6) is -0.286. The third-order valence-electron chi connectivity index (χ3n) is 4.19. The van der Waals surface area contributed by atoms with E-state index in [0.29, 0.717) is 13.0 Å². The molecule has 23 heavy (non-hydrogen) atoms. The second kappa shape index (κ2) is 8.84. The van der Waals surface area contributed by atoms with Crippen LogP contribution in [0.1, 0.15) is 31.4 Å². The van der Waals surface area contributed by atoms with Crippen molar-refractivity contribution in [3.8, 4) is 0 Å². The standard InChI is InChI=1S/C17H26FN3O2/c1-2-19-17(23)21-12-10-20(11-13-21)9-3-4-16(22)14-5-7-15(18)8-6-14/h5-8,16,22H,2-4,9-13H2,1H3,(H,19,23). The third-order valence-corrected chi connectivity index (χ3v) is 4.19. The Kier molecular flexibility index (Phi) is 6.80. The molecule has 0 bridgehead atoms. The largest absolute Gasteiger partial charge is 0.388 e. The maximum atomic E-state index is 12.9. The van der Waals surface area contributed by atoms with Crippen LogP contribution < -0.4 is 5.32 Å².